The van der Waals surface area contributed by atoms with Crippen LogP contribution in [0.1, 0.15) is 19.3 Å². The van der Waals surface area contributed by atoms with Crippen molar-refractivity contribution in [1.82, 2.24) is 10.2 Å². The summed E-state index contributed by atoms with van der Waals surface area (Å²) >= 11 is 1.26. The van der Waals surface area contributed by atoms with Crippen LogP contribution in [0.15, 0.2) is 11.3 Å². The number of β-lactam (4-membered cyclic amide) rings is 1. The first-order valence-electron chi connectivity index (χ1n) is 6.88. The molecule has 126 valence electrons. The molecule has 1 saturated heterocycles. The number of carbonyl (C=O) groups is 4. The number of carbonyl (C=O) groups excluding carboxylic acids is 2. The van der Waals surface area contributed by atoms with E-state index in [1.807, 2.05) is 0 Å². The van der Waals surface area contributed by atoms with Crippen molar-refractivity contribution >= 4 is 35.5 Å². The number of thioether (sulfide) groups is 1. The summed E-state index contributed by atoms with van der Waals surface area (Å²) in [4.78, 5) is 46.6. The molecule has 0 spiro atoms. The van der Waals surface area contributed by atoms with E-state index in [-0.39, 0.29) is 36.3 Å². The van der Waals surface area contributed by atoms with Crippen LogP contribution < -0.4 is 5.32 Å². The topological polar surface area (TPSA) is 144 Å². The van der Waals surface area contributed by atoms with Gasteiger partial charge >= 0.3 is 11.9 Å². The number of aliphatic hydroxyl groups excluding tert-OH is 1. The van der Waals surface area contributed by atoms with Gasteiger partial charge in [-0.25, -0.2) is 4.79 Å². The minimum atomic E-state index is -1.29. The first-order valence-corrected chi connectivity index (χ1v) is 7.93. The Morgan fingerprint density at radius 2 is 1.96 bits per heavy atom. The lowest BCUT2D eigenvalue weighted by Crippen LogP contribution is -2.70. The molecule has 2 atom stereocenters. The maximum atomic E-state index is 12.1. The van der Waals surface area contributed by atoms with Crippen molar-refractivity contribution < 1.29 is 34.5 Å². The molecule has 10 heteroatoms. The van der Waals surface area contributed by atoms with Gasteiger partial charge in [0.2, 0.25) is 5.91 Å². The zero-order valence-corrected chi connectivity index (χ0v) is 12.8. The normalized spacial score (nSPS) is 23.2. The van der Waals surface area contributed by atoms with Crippen LogP contribution >= 0.6 is 11.8 Å². The molecular weight excluding hydrogens is 328 g/mol. The summed E-state index contributed by atoms with van der Waals surface area (Å²) in [6.07, 6.45) is 0.0115. The van der Waals surface area contributed by atoms with Crippen molar-refractivity contribution in [1.29, 1.82) is 0 Å². The second-order valence-corrected chi connectivity index (χ2v) is 6.22. The van der Waals surface area contributed by atoms with E-state index in [1.54, 1.807) is 0 Å². The fourth-order valence-electron chi connectivity index (χ4n) is 2.45. The van der Waals surface area contributed by atoms with Gasteiger partial charge in [-0.15, -0.1) is 11.8 Å². The van der Waals surface area contributed by atoms with Gasteiger partial charge in [0.15, 0.2) is 0 Å². The molecule has 0 bridgehead atoms. The number of aliphatic hydroxyl groups is 1. The second-order valence-electron chi connectivity index (χ2n) is 5.12. The Kier molecular flexibility index (Phi) is 5.26. The molecular formula is C13H16N2O7S. The van der Waals surface area contributed by atoms with Crippen LogP contribution in [-0.4, -0.2) is 67.7 Å². The molecule has 2 rings (SSSR count). The molecule has 23 heavy (non-hydrogen) atoms. The molecule has 0 aromatic carbocycles. The fraction of sp³-hybridized carbons (Fsp3) is 0.538. The van der Waals surface area contributed by atoms with Gasteiger partial charge < -0.3 is 20.6 Å². The highest BCUT2D eigenvalue weighted by molar-refractivity contribution is 8.00. The number of nitrogens with zero attached hydrogens (tertiary/aromatic N) is 1. The molecule has 1 fully saturated rings. The van der Waals surface area contributed by atoms with Gasteiger partial charge in [0, 0.05) is 18.6 Å². The SMILES string of the molecule is O=C(O)CCCC(=O)NC1C(=O)N2C(C(=O)O)=C(CO)CS[C@H]12. The maximum absolute atomic E-state index is 12.1. The summed E-state index contributed by atoms with van der Waals surface area (Å²) in [6.45, 7) is -0.447. The quantitative estimate of drug-likeness (QED) is 0.429. The lowest BCUT2D eigenvalue weighted by Gasteiger charge is -2.49. The lowest BCUT2D eigenvalue weighted by atomic mass is 10.0. The molecule has 4 N–H and O–H groups in total. The average molecular weight is 344 g/mol. The van der Waals surface area contributed by atoms with E-state index in [1.165, 1.54) is 11.8 Å². The number of fused-ring (bicyclic) bond motifs is 1. The summed E-state index contributed by atoms with van der Waals surface area (Å²) in [5, 5.41) is 28.9. The van der Waals surface area contributed by atoms with E-state index in [2.05, 4.69) is 5.32 Å². The van der Waals surface area contributed by atoms with Crippen molar-refractivity contribution in [3.8, 4) is 0 Å². The summed E-state index contributed by atoms with van der Waals surface area (Å²) in [6, 6.07) is -0.827. The summed E-state index contributed by atoms with van der Waals surface area (Å²) in [5.74, 6) is -3.02. The van der Waals surface area contributed by atoms with Crippen LogP contribution in [0.4, 0.5) is 0 Å². The van der Waals surface area contributed by atoms with Crippen LogP contribution in [0.2, 0.25) is 0 Å². The number of amides is 2. The average Bonchev–Trinajstić information content (AvgIpc) is 2.50. The van der Waals surface area contributed by atoms with E-state index >= 15 is 0 Å². The fourth-order valence-corrected chi connectivity index (χ4v) is 3.79. The molecule has 1 unspecified atom stereocenters. The standard InChI is InChI=1S/C13H16N2O7S/c16-4-6-5-23-12-9(11(20)15(12)10(6)13(21)22)14-7(17)2-1-3-8(18)19/h9,12,16H,1-5H2,(H,14,17)(H,18,19)(H,21,22)/t9?,12-/m1/s1. The van der Waals surface area contributed by atoms with Gasteiger partial charge in [0.25, 0.3) is 5.91 Å². The van der Waals surface area contributed by atoms with Crippen LogP contribution in [0.25, 0.3) is 0 Å². The summed E-state index contributed by atoms with van der Waals surface area (Å²) < 4.78 is 0. The van der Waals surface area contributed by atoms with Crippen molar-refractivity contribution in [2.24, 2.45) is 0 Å². The third kappa shape index (κ3) is 3.48. The molecule has 2 heterocycles. The minimum absolute atomic E-state index is 0.0169. The van der Waals surface area contributed by atoms with Gasteiger partial charge in [0.1, 0.15) is 17.1 Å². The van der Waals surface area contributed by atoms with Crippen molar-refractivity contribution in [2.75, 3.05) is 12.4 Å². The Balaban J connectivity index is 1.98. The van der Waals surface area contributed by atoms with Gasteiger partial charge in [0.05, 0.1) is 6.61 Å². The molecule has 0 aromatic heterocycles. The Labute approximate surface area is 135 Å². The number of carboxylic acid groups (broad SMARTS) is 2. The first-order chi connectivity index (χ1) is 10.9. The van der Waals surface area contributed by atoms with Gasteiger partial charge in [-0.05, 0) is 12.0 Å². The van der Waals surface area contributed by atoms with E-state index < -0.39 is 41.8 Å². The predicted octanol–water partition coefficient (Wildman–Crippen LogP) is -1.03. The Bertz CT molecular complexity index is 589. The monoisotopic (exact) mass is 344 g/mol. The molecule has 0 radical (unpaired) electrons. The minimum Gasteiger partial charge on any atom is -0.481 e. The largest absolute Gasteiger partial charge is 0.481 e. The zero-order chi connectivity index (χ0) is 17.1. The van der Waals surface area contributed by atoms with Gasteiger partial charge in [-0.1, -0.05) is 0 Å². The highest BCUT2D eigenvalue weighted by Crippen LogP contribution is 2.40. The highest BCUT2D eigenvalue weighted by atomic mass is 32.2. The number of carboxylic acids is 2. The molecule has 0 aliphatic carbocycles. The molecule has 2 aliphatic rings. The Hall–Kier alpha value is -2.07. The van der Waals surface area contributed by atoms with Crippen molar-refractivity contribution in [2.45, 2.75) is 30.7 Å². The van der Waals surface area contributed by atoms with E-state index in [9.17, 15) is 29.4 Å². The van der Waals surface area contributed by atoms with Gasteiger partial charge in [-0.3, -0.25) is 19.3 Å². The number of hydrogen-bond acceptors (Lipinski definition) is 6. The number of hydrogen-bond donors (Lipinski definition) is 4. The molecule has 0 saturated carbocycles. The van der Waals surface area contributed by atoms with Crippen LogP contribution in [-0.2, 0) is 19.2 Å². The molecule has 2 aliphatic heterocycles. The molecule has 2 amide bonds. The van der Waals surface area contributed by atoms with Gasteiger partial charge in [-0.2, -0.15) is 0 Å². The van der Waals surface area contributed by atoms with Crippen LogP contribution in [0.3, 0.4) is 0 Å². The Morgan fingerprint density at radius 1 is 1.26 bits per heavy atom. The first kappa shape index (κ1) is 17.3. The Morgan fingerprint density at radius 3 is 2.52 bits per heavy atom. The predicted molar refractivity (Wildman–Crippen MR) is 78.3 cm³/mol. The summed E-state index contributed by atoms with van der Waals surface area (Å²) in [5.41, 5.74) is 0.0379. The van der Waals surface area contributed by atoms with E-state index in [0.29, 0.717) is 0 Å². The van der Waals surface area contributed by atoms with Crippen molar-refractivity contribution in [3.05, 3.63) is 11.3 Å². The number of nitrogens with one attached hydrogen (secondary N) is 1. The van der Waals surface area contributed by atoms with E-state index in [0.717, 1.165) is 4.90 Å². The third-order valence-corrected chi connectivity index (χ3v) is 4.89. The molecule has 0 aromatic rings. The smallest absolute Gasteiger partial charge is 0.352 e. The number of aliphatic carboxylic acids is 2. The number of rotatable bonds is 7. The third-order valence-electron chi connectivity index (χ3n) is 3.55. The van der Waals surface area contributed by atoms with Crippen molar-refractivity contribution in [3.63, 3.8) is 0 Å². The molecule has 9 nitrogen and oxygen atoms in total. The second kappa shape index (κ2) is 7.01. The zero-order valence-electron chi connectivity index (χ0n) is 12.0. The maximum Gasteiger partial charge on any atom is 0.352 e. The summed E-state index contributed by atoms with van der Waals surface area (Å²) in [7, 11) is 0. The lowest BCUT2D eigenvalue weighted by molar-refractivity contribution is -0.150. The van der Waals surface area contributed by atoms with Crippen LogP contribution in [0.5, 0.6) is 0 Å². The van der Waals surface area contributed by atoms with E-state index in [4.69, 9.17) is 5.11 Å². The van der Waals surface area contributed by atoms with Crippen LogP contribution in [0, 0.1) is 0 Å². The highest BCUT2D eigenvalue weighted by Gasteiger charge is 2.53.